The minimum absolute atomic E-state index is 0.228. The van der Waals surface area contributed by atoms with Crippen molar-refractivity contribution in [3.05, 3.63) is 65.7 Å². The van der Waals surface area contributed by atoms with Gasteiger partial charge in [-0.15, -0.1) is 0 Å². The lowest BCUT2D eigenvalue weighted by Gasteiger charge is -2.09. The summed E-state index contributed by atoms with van der Waals surface area (Å²) in [5.41, 5.74) is 1.08. The Morgan fingerprint density at radius 3 is 2.30 bits per heavy atom. The molecule has 0 aliphatic carbocycles. The fraction of sp³-hybridized carbons (Fsp3) is 0.125. The Morgan fingerprint density at radius 1 is 0.950 bits per heavy atom. The molecule has 4 nitrogen and oxygen atoms in total. The molecule has 0 atom stereocenters. The summed E-state index contributed by atoms with van der Waals surface area (Å²) in [6.45, 7) is 0.228. The Morgan fingerprint density at radius 2 is 1.60 bits per heavy atom. The van der Waals surface area contributed by atoms with Crippen molar-refractivity contribution in [1.82, 2.24) is 0 Å². The van der Waals surface area contributed by atoms with Gasteiger partial charge in [-0.3, -0.25) is 9.59 Å². The van der Waals surface area contributed by atoms with Crippen LogP contribution in [0.4, 0.5) is 0 Å². The molecule has 0 unspecified atom stereocenters. The fourth-order valence-electron chi connectivity index (χ4n) is 1.83. The molecule has 1 N–H and O–H groups in total. The van der Waals surface area contributed by atoms with Gasteiger partial charge in [-0.25, -0.2) is 0 Å². The van der Waals surface area contributed by atoms with Crippen LogP contribution in [-0.2, 0) is 11.4 Å². The molecule has 0 amide bonds. The summed E-state index contributed by atoms with van der Waals surface area (Å²) in [5.74, 6) is -0.841. The SMILES string of the molecule is O=C(O)CC(=O)c1ccccc1COc1ccccc1. The number of Topliss-reactive ketones (excluding diaryl/α,β-unsaturated/α-hetero) is 1. The third kappa shape index (κ3) is 3.68. The number of hydrogen-bond acceptors (Lipinski definition) is 3. The fourth-order valence-corrected chi connectivity index (χ4v) is 1.83. The van der Waals surface area contributed by atoms with Crippen molar-refractivity contribution in [2.75, 3.05) is 0 Å². The van der Waals surface area contributed by atoms with E-state index in [-0.39, 0.29) is 6.61 Å². The minimum Gasteiger partial charge on any atom is -0.489 e. The molecule has 0 radical (unpaired) electrons. The molecular weight excluding hydrogens is 256 g/mol. The van der Waals surface area contributed by atoms with Crippen LogP contribution in [0.25, 0.3) is 0 Å². The zero-order chi connectivity index (χ0) is 14.4. The topological polar surface area (TPSA) is 63.6 Å². The second kappa shape index (κ2) is 6.52. The first-order valence-corrected chi connectivity index (χ1v) is 6.17. The van der Waals surface area contributed by atoms with E-state index in [0.717, 1.165) is 0 Å². The first-order valence-electron chi connectivity index (χ1n) is 6.17. The average molecular weight is 270 g/mol. The summed E-state index contributed by atoms with van der Waals surface area (Å²) in [6.07, 6.45) is -0.512. The third-order valence-corrected chi connectivity index (χ3v) is 2.77. The molecule has 0 aliphatic rings. The number of benzene rings is 2. The van der Waals surface area contributed by atoms with Crippen LogP contribution >= 0.6 is 0 Å². The molecule has 0 saturated heterocycles. The molecule has 0 aliphatic heterocycles. The monoisotopic (exact) mass is 270 g/mol. The Hall–Kier alpha value is -2.62. The summed E-state index contributed by atoms with van der Waals surface area (Å²) >= 11 is 0. The summed E-state index contributed by atoms with van der Waals surface area (Å²) in [6, 6.07) is 16.1. The highest BCUT2D eigenvalue weighted by Gasteiger charge is 2.14. The molecule has 0 bridgehead atoms. The number of aliphatic carboxylic acids is 1. The van der Waals surface area contributed by atoms with E-state index >= 15 is 0 Å². The normalized spacial score (nSPS) is 10.0. The summed E-state index contributed by atoms with van der Waals surface area (Å²) in [7, 11) is 0. The molecule has 2 aromatic carbocycles. The molecule has 0 spiro atoms. The van der Waals surface area contributed by atoms with Gasteiger partial charge in [-0.2, -0.15) is 0 Å². The van der Waals surface area contributed by atoms with Gasteiger partial charge >= 0.3 is 5.97 Å². The zero-order valence-corrected chi connectivity index (χ0v) is 10.8. The number of rotatable bonds is 6. The van der Waals surface area contributed by atoms with Gasteiger partial charge in [0.05, 0.1) is 0 Å². The van der Waals surface area contributed by atoms with E-state index in [9.17, 15) is 9.59 Å². The Kier molecular flexibility index (Phi) is 4.50. The minimum atomic E-state index is -1.13. The molecule has 0 saturated carbocycles. The van der Waals surface area contributed by atoms with E-state index in [4.69, 9.17) is 9.84 Å². The van der Waals surface area contributed by atoms with Crippen LogP contribution in [0.15, 0.2) is 54.6 Å². The standard InChI is InChI=1S/C16H14O4/c17-15(10-16(18)19)14-9-5-4-6-12(14)11-20-13-7-2-1-3-8-13/h1-9H,10-11H2,(H,18,19). The van der Waals surface area contributed by atoms with Crippen molar-refractivity contribution in [3.8, 4) is 5.75 Å². The van der Waals surface area contributed by atoms with Gasteiger partial charge in [0, 0.05) is 11.1 Å². The van der Waals surface area contributed by atoms with E-state index in [2.05, 4.69) is 0 Å². The predicted octanol–water partition coefficient (Wildman–Crippen LogP) is 2.92. The number of carboxylic acids is 1. The highest BCUT2D eigenvalue weighted by molar-refractivity contribution is 6.06. The lowest BCUT2D eigenvalue weighted by molar-refractivity contribution is -0.135. The predicted molar refractivity (Wildman–Crippen MR) is 73.8 cm³/mol. The Balaban J connectivity index is 2.12. The molecule has 2 rings (SSSR count). The summed E-state index contributed by atoms with van der Waals surface area (Å²) in [4.78, 5) is 22.5. The molecule has 0 fully saturated rings. The number of ketones is 1. The average Bonchev–Trinajstić information content (AvgIpc) is 2.46. The smallest absolute Gasteiger partial charge is 0.311 e. The molecule has 20 heavy (non-hydrogen) atoms. The summed E-state index contributed by atoms with van der Waals surface area (Å²) < 4.78 is 5.59. The van der Waals surface area contributed by atoms with E-state index < -0.39 is 18.2 Å². The first kappa shape index (κ1) is 13.8. The number of para-hydroxylation sites is 1. The zero-order valence-electron chi connectivity index (χ0n) is 10.8. The maximum absolute atomic E-state index is 11.9. The van der Waals surface area contributed by atoms with Gasteiger partial charge in [-0.05, 0) is 12.1 Å². The summed E-state index contributed by atoms with van der Waals surface area (Å²) in [5, 5.41) is 8.69. The van der Waals surface area contributed by atoms with Crippen LogP contribution < -0.4 is 4.74 Å². The maximum atomic E-state index is 11.9. The van der Waals surface area contributed by atoms with E-state index in [1.54, 1.807) is 24.3 Å². The van der Waals surface area contributed by atoms with Crippen LogP contribution in [0.2, 0.25) is 0 Å². The number of carboxylic acid groups (broad SMARTS) is 1. The van der Waals surface area contributed by atoms with Crippen molar-refractivity contribution in [1.29, 1.82) is 0 Å². The van der Waals surface area contributed by atoms with Gasteiger partial charge < -0.3 is 9.84 Å². The van der Waals surface area contributed by atoms with E-state index in [1.807, 2.05) is 30.3 Å². The van der Waals surface area contributed by atoms with Crippen LogP contribution in [0.1, 0.15) is 22.3 Å². The Labute approximate surface area is 116 Å². The van der Waals surface area contributed by atoms with Gasteiger partial charge in [0.1, 0.15) is 18.8 Å². The molecule has 102 valence electrons. The maximum Gasteiger partial charge on any atom is 0.311 e. The van der Waals surface area contributed by atoms with Gasteiger partial charge in [-0.1, -0.05) is 42.5 Å². The molecule has 0 aromatic heterocycles. The molecular formula is C16H14O4. The number of hydrogen-bond donors (Lipinski definition) is 1. The second-order valence-corrected chi connectivity index (χ2v) is 4.25. The highest BCUT2D eigenvalue weighted by Crippen LogP contribution is 2.16. The number of carbonyl (C=O) groups is 2. The second-order valence-electron chi connectivity index (χ2n) is 4.25. The largest absolute Gasteiger partial charge is 0.489 e. The molecule has 0 heterocycles. The van der Waals surface area contributed by atoms with Crippen molar-refractivity contribution in [2.45, 2.75) is 13.0 Å². The molecule has 4 heteroatoms. The van der Waals surface area contributed by atoms with Gasteiger partial charge in [0.2, 0.25) is 0 Å². The first-order chi connectivity index (χ1) is 9.66. The van der Waals surface area contributed by atoms with Crippen molar-refractivity contribution >= 4 is 11.8 Å². The van der Waals surface area contributed by atoms with Crippen molar-refractivity contribution < 1.29 is 19.4 Å². The highest BCUT2D eigenvalue weighted by atomic mass is 16.5. The Bertz CT molecular complexity index is 605. The van der Waals surface area contributed by atoms with Crippen LogP contribution in [-0.4, -0.2) is 16.9 Å². The van der Waals surface area contributed by atoms with E-state index in [1.165, 1.54) is 0 Å². The van der Waals surface area contributed by atoms with Crippen molar-refractivity contribution in [3.63, 3.8) is 0 Å². The van der Waals surface area contributed by atoms with E-state index in [0.29, 0.717) is 16.9 Å². The van der Waals surface area contributed by atoms with Crippen molar-refractivity contribution in [2.24, 2.45) is 0 Å². The van der Waals surface area contributed by atoms with Crippen LogP contribution in [0, 0.1) is 0 Å². The van der Waals surface area contributed by atoms with Crippen LogP contribution in [0.5, 0.6) is 5.75 Å². The third-order valence-electron chi connectivity index (χ3n) is 2.77. The quantitative estimate of drug-likeness (QED) is 0.647. The number of carbonyl (C=O) groups excluding carboxylic acids is 1. The van der Waals surface area contributed by atoms with Gasteiger partial charge in [0.15, 0.2) is 5.78 Å². The molecule has 2 aromatic rings. The van der Waals surface area contributed by atoms with Crippen LogP contribution in [0.3, 0.4) is 0 Å². The lowest BCUT2D eigenvalue weighted by atomic mass is 10.0. The lowest BCUT2D eigenvalue weighted by Crippen LogP contribution is -2.10. The number of ether oxygens (including phenoxy) is 1. The van der Waals surface area contributed by atoms with Gasteiger partial charge in [0.25, 0.3) is 0 Å².